The molecule has 0 aromatic carbocycles. The van der Waals surface area contributed by atoms with Crippen molar-refractivity contribution in [1.82, 2.24) is 0 Å². The van der Waals surface area contributed by atoms with Gasteiger partial charge in [0.2, 0.25) is 0 Å². The summed E-state index contributed by atoms with van der Waals surface area (Å²) in [6.07, 6.45) is 7.97. The van der Waals surface area contributed by atoms with E-state index in [1.807, 2.05) is 12.2 Å². The summed E-state index contributed by atoms with van der Waals surface area (Å²) >= 11 is 0. The topological polar surface area (TPSA) is 94.8 Å². The van der Waals surface area contributed by atoms with Crippen LogP contribution < -0.4 is 0 Å². The van der Waals surface area contributed by atoms with Crippen molar-refractivity contribution < 1.29 is 24.9 Å². The number of carbonyl (C=O) groups excluding carboxylic acids is 1. The fourth-order valence-electron chi connectivity index (χ4n) is 2.62. The van der Waals surface area contributed by atoms with Gasteiger partial charge in [0.25, 0.3) is 0 Å². The molecular weight excluding hydrogens is 272 g/mol. The molecule has 0 amide bonds. The number of carboxylic acid groups (broad SMARTS) is 1. The van der Waals surface area contributed by atoms with Crippen LogP contribution in [0.3, 0.4) is 0 Å². The standard InChI is InChI=1S/C16H24O5/c1-11(17)5-3-2-4-6-12-9-13(18)10-14(12)15(19)7-8-16(20)21/h4,6-8,11-12,14-15,17,19H,2-3,5,9-10H2,1H3,(H,20,21). The van der Waals surface area contributed by atoms with Crippen molar-refractivity contribution in [2.24, 2.45) is 11.8 Å². The lowest BCUT2D eigenvalue weighted by molar-refractivity contribution is -0.131. The molecule has 4 atom stereocenters. The Kier molecular flexibility index (Phi) is 7.32. The molecule has 5 heteroatoms. The Morgan fingerprint density at radius 2 is 2.10 bits per heavy atom. The molecule has 3 N–H and O–H groups in total. The molecule has 1 aliphatic rings. The zero-order valence-electron chi connectivity index (χ0n) is 12.3. The molecule has 0 saturated heterocycles. The maximum absolute atomic E-state index is 11.6. The van der Waals surface area contributed by atoms with Gasteiger partial charge in [-0.15, -0.1) is 0 Å². The third-order valence-corrected chi connectivity index (χ3v) is 3.73. The van der Waals surface area contributed by atoms with Crippen molar-refractivity contribution in [3.8, 4) is 0 Å². The van der Waals surface area contributed by atoms with Gasteiger partial charge in [-0.05, 0) is 38.2 Å². The Hall–Kier alpha value is -1.46. The summed E-state index contributed by atoms with van der Waals surface area (Å²) in [5.74, 6) is -1.30. The van der Waals surface area contributed by atoms with Crippen LogP contribution in [-0.2, 0) is 9.59 Å². The second-order valence-corrected chi connectivity index (χ2v) is 5.67. The Bertz CT molecular complexity index is 411. The summed E-state index contributed by atoms with van der Waals surface area (Å²) in [5.41, 5.74) is 0. The van der Waals surface area contributed by atoms with Crippen LogP contribution in [0.4, 0.5) is 0 Å². The van der Waals surface area contributed by atoms with Crippen molar-refractivity contribution >= 4 is 11.8 Å². The highest BCUT2D eigenvalue weighted by Gasteiger charge is 2.35. The molecule has 1 aliphatic carbocycles. The predicted molar refractivity (Wildman–Crippen MR) is 78.7 cm³/mol. The van der Waals surface area contributed by atoms with Gasteiger partial charge in [-0.25, -0.2) is 4.79 Å². The zero-order chi connectivity index (χ0) is 15.8. The van der Waals surface area contributed by atoms with Gasteiger partial charge in [0.05, 0.1) is 12.2 Å². The number of aliphatic hydroxyl groups is 2. The second-order valence-electron chi connectivity index (χ2n) is 5.67. The number of carbonyl (C=O) groups is 2. The first-order valence-corrected chi connectivity index (χ1v) is 7.35. The number of allylic oxidation sites excluding steroid dienone is 2. The van der Waals surface area contributed by atoms with E-state index >= 15 is 0 Å². The maximum atomic E-state index is 11.6. The van der Waals surface area contributed by atoms with Crippen molar-refractivity contribution in [2.45, 2.75) is 51.2 Å². The quantitative estimate of drug-likeness (QED) is 0.360. The molecule has 0 aromatic rings. The largest absolute Gasteiger partial charge is 0.478 e. The number of aliphatic hydroxyl groups excluding tert-OH is 2. The fourth-order valence-corrected chi connectivity index (χ4v) is 2.62. The van der Waals surface area contributed by atoms with Crippen LogP contribution in [0.1, 0.15) is 39.0 Å². The smallest absolute Gasteiger partial charge is 0.328 e. The minimum absolute atomic E-state index is 0.0440. The normalized spacial score (nSPS) is 25.8. The lowest BCUT2D eigenvalue weighted by Gasteiger charge is -2.19. The van der Waals surface area contributed by atoms with Crippen LogP contribution in [0.2, 0.25) is 0 Å². The predicted octanol–water partition coefficient (Wildman–Crippen LogP) is 1.69. The molecule has 0 heterocycles. The van der Waals surface area contributed by atoms with Crippen LogP contribution in [0, 0.1) is 11.8 Å². The van der Waals surface area contributed by atoms with Crippen molar-refractivity contribution in [2.75, 3.05) is 0 Å². The molecule has 0 aromatic heterocycles. The Morgan fingerprint density at radius 3 is 2.71 bits per heavy atom. The van der Waals surface area contributed by atoms with E-state index in [9.17, 15) is 14.7 Å². The third-order valence-electron chi connectivity index (χ3n) is 3.73. The third kappa shape index (κ3) is 6.69. The molecule has 118 valence electrons. The summed E-state index contributed by atoms with van der Waals surface area (Å²) in [6, 6.07) is 0. The molecular formula is C16H24O5. The summed E-state index contributed by atoms with van der Waals surface area (Å²) in [6.45, 7) is 1.75. The van der Waals surface area contributed by atoms with E-state index in [0.717, 1.165) is 25.3 Å². The van der Waals surface area contributed by atoms with Gasteiger partial charge in [-0.3, -0.25) is 4.79 Å². The van der Waals surface area contributed by atoms with Crippen LogP contribution >= 0.6 is 0 Å². The van der Waals surface area contributed by atoms with Crippen LogP contribution in [0.5, 0.6) is 0 Å². The molecule has 1 rings (SSSR count). The Balaban J connectivity index is 2.52. The lowest BCUT2D eigenvalue weighted by Crippen LogP contribution is -2.21. The summed E-state index contributed by atoms with van der Waals surface area (Å²) in [5, 5.41) is 27.7. The minimum Gasteiger partial charge on any atom is -0.478 e. The first-order chi connectivity index (χ1) is 9.90. The van der Waals surface area contributed by atoms with Gasteiger partial charge in [-0.2, -0.15) is 0 Å². The molecule has 0 radical (unpaired) electrons. The van der Waals surface area contributed by atoms with Gasteiger partial charge in [0.15, 0.2) is 0 Å². The minimum atomic E-state index is -1.11. The van der Waals surface area contributed by atoms with Gasteiger partial charge >= 0.3 is 5.97 Å². The van der Waals surface area contributed by atoms with E-state index in [-0.39, 0.29) is 30.1 Å². The highest BCUT2D eigenvalue weighted by Crippen LogP contribution is 2.33. The van der Waals surface area contributed by atoms with Gasteiger partial charge < -0.3 is 15.3 Å². The monoisotopic (exact) mass is 296 g/mol. The molecule has 1 fully saturated rings. The number of hydrogen-bond acceptors (Lipinski definition) is 4. The number of hydrogen-bond donors (Lipinski definition) is 3. The molecule has 0 aliphatic heterocycles. The van der Waals surface area contributed by atoms with Crippen molar-refractivity contribution in [3.05, 3.63) is 24.3 Å². The van der Waals surface area contributed by atoms with Gasteiger partial charge in [0.1, 0.15) is 5.78 Å². The summed E-state index contributed by atoms with van der Waals surface area (Å²) < 4.78 is 0. The van der Waals surface area contributed by atoms with E-state index < -0.39 is 12.1 Å². The SMILES string of the molecule is CC(O)CCCC=CC1CC(=O)CC1C(O)C=CC(=O)O. The second kappa shape index (κ2) is 8.74. The van der Waals surface area contributed by atoms with E-state index in [0.29, 0.717) is 6.42 Å². The highest BCUT2D eigenvalue weighted by molar-refractivity contribution is 5.82. The maximum Gasteiger partial charge on any atom is 0.328 e. The Labute approximate surface area is 125 Å². The zero-order valence-corrected chi connectivity index (χ0v) is 12.3. The van der Waals surface area contributed by atoms with Crippen LogP contribution in [0.15, 0.2) is 24.3 Å². The highest BCUT2D eigenvalue weighted by atomic mass is 16.4. The number of rotatable bonds is 8. The number of ketones is 1. The molecule has 1 saturated carbocycles. The molecule has 0 bridgehead atoms. The number of aliphatic carboxylic acids is 1. The first kappa shape index (κ1) is 17.6. The van der Waals surface area contributed by atoms with E-state index in [2.05, 4.69) is 0 Å². The molecule has 0 spiro atoms. The number of carboxylic acids is 1. The molecule has 4 unspecified atom stereocenters. The van der Waals surface area contributed by atoms with Gasteiger partial charge in [-0.1, -0.05) is 12.2 Å². The fraction of sp³-hybridized carbons (Fsp3) is 0.625. The lowest BCUT2D eigenvalue weighted by atomic mass is 9.90. The van der Waals surface area contributed by atoms with E-state index in [1.54, 1.807) is 6.92 Å². The van der Waals surface area contributed by atoms with Crippen LogP contribution in [0.25, 0.3) is 0 Å². The van der Waals surface area contributed by atoms with Gasteiger partial charge in [0, 0.05) is 24.8 Å². The van der Waals surface area contributed by atoms with E-state index in [4.69, 9.17) is 10.2 Å². The van der Waals surface area contributed by atoms with Crippen molar-refractivity contribution in [1.29, 1.82) is 0 Å². The average Bonchev–Trinajstić information content (AvgIpc) is 2.76. The first-order valence-electron chi connectivity index (χ1n) is 7.35. The number of Topliss-reactive ketones (excluding diaryl/α,β-unsaturated/α-hetero) is 1. The van der Waals surface area contributed by atoms with E-state index in [1.165, 1.54) is 6.08 Å². The Morgan fingerprint density at radius 1 is 1.38 bits per heavy atom. The molecule has 5 nitrogen and oxygen atoms in total. The van der Waals surface area contributed by atoms with Crippen molar-refractivity contribution in [3.63, 3.8) is 0 Å². The number of unbranched alkanes of at least 4 members (excludes halogenated alkanes) is 1. The summed E-state index contributed by atoms with van der Waals surface area (Å²) in [4.78, 5) is 22.0. The summed E-state index contributed by atoms with van der Waals surface area (Å²) in [7, 11) is 0. The molecule has 21 heavy (non-hydrogen) atoms. The average molecular weight is 296 g/mol. The van der Waals surface area contributed by atoms with Crippen LogP contribution in [-0.4, -0.2) is 39.3 Å².